The molecule has 9 nitrogen and oxygen atoms in total. The molecule has 2 aromatic rings. The normalized spacial score (nSPS) is 10.8. The van der Waals surface area contributed by atoms with Crippen molar-refractivity contribution in [2.45, 2.75) is 13.3 Å². The fraction of sp³-hybridized carbons (Fsp3) is 0.357. The molecule has 0 aliphatic heterocycles. The Balaban J connectivity index is 2.20. The van der Waals surface area contributed by atoms with Crippen LogP contribution in [0, 0.1) is 0 Å². The molecular weight excluding hydrogens is 300 g/mol. The summed E-state index contributed by atoms with van der Waals surface area (Å²) in [4.78, 5) is 0. The molecule has 0 bridgehead atoms. The SMILES string of the molecule is CCc1nnc(N/N=C\c2cc(OC)c(OC)c(OC)c2)n1N. The minimum atomic E-state index is 0.352. The van der Waals surface area contributed by atoms with Gasteiger partial charge in [-0.2, -0.15) is 5.10 Å². The highest BCUT2D eigenvalue weighted by atomic mass is 16.5. The molecule has 0 fully saturated rings. The average Bonchev–Trinajstić information content (AvgIpc) is 2.93. The number of nitrogens with two attached hydrogens (primary N) is 1. The first-order valence-electron chi connectivity index (χ1n) is 6.93. The first-order valence-corrected chi connectivity index (χ1v) is 6.93. The third-order valence-corrected chi connectivity index (χ3v) is 3.15. The molecule has 0 atom stereocenters. The smallest absolute Gasteiger partial charge is 0.263 e. The Morgan fingerprint density at radius 3 is 2.30 bits per heavy atom. The third kappa shape index (κ3) is 3.44. The molecule has 1 heterocycles. The molecule has 1 aromatic heterocycles. The van der Waals surface area contributed by atoms with E-state index in [1.165, 1.54) is 4.68 Å². The molecule has 0 saturated carbocycles. The van der Waals surface area contributed by atoms with E-state index in [0.717, 1.165) is 5.56 Å². The van der Waals surface area contributed by atoms with Crippen LogP contribution in [-0.2, 0) is 6.42 Å². The van der Waals surface area contributed by atoms with Crippen LogP contribution in [0.1, 0.15) is 18.3 Å². The van der Waals surface area contributed by atoms with Crippen LogP contribution < -0.4 is 25.5 Å². The second-order valence-corrected chi connectivity index (χ2v) is 4.49. The molecule has 0 unspecified atom stereocenters. The predicted molar refractivity (Wildman–Crippen MR) is 86.9 cm³/mol. The number of hydrogen-bond acceptors (Lipinski definition) is 8. The van der Waals surface area contributed by atoms with Gasteiger partial charge in [0.1, 0.15) is 0 Å². The van der Waals surface area contributed by atoms with Gasteiger partial charge in [0.2, 0.25) is 5.75 Å². The number of anilines is 1. The van der Waals surface area contributed by atoms with Gasteiger partial charge in [-0.1, -0.05) is 6.92 Å². The number of hydrazone groups is 1. The number of nitrogen functional groups attached to an aromatic ring is 1. The molecule has 2 rings (SSSR count). The van der Waals surface area contributed by atoms with Crippen LogP contribution in [-0.4, -0.2) is 42.4 Å². The van der Waals surface area contributed by atoms with Gasteiger partial charge < -0.3 is 20.1 Å². The summed E-state index contributed by atoms with van der Waals surface area (Å²) in [7, 11) is 4.66. The summed E-state index contributed by atoms with van der Waals surface area (Å²) < 4.78 is 17.2. The summed E-state index contributed by atoms with van der Waals surface area (Å²) in [6.07, 6.45) is 2.27. The van der Waals surface area contributed by atoms with Crippen molar-refractivity contribution in [2.75, 3.05) is 32.6 Å². The average molecular weight is 320 g/mol. The van der Waals surface area contributed by atoms with Crippen LogP contribution in [0.2, 0.25) is 0 Å². The highest BCUT2D eigenvalue weighted by Crippen LogP contribution is 2.37. The number of ether oxygens (including phenoxy) is 3. The largest absolute Gasteiger partial charge is 0.493 e. The van der Waals surface area contributed by atoms with Crippen molar-refractivity contribution in [1.29, 1.82) is 0 Å². The molecule has 23 heavy (non-hydrogen) atoms. The number of hydrogen-bond donors (Lipinski definition) is 2. The van der Waals surface area contributed by atoms with E-state index >= 15 is 0 Å². The maximum atomic E-state index is 5.82. The molecule has 0 saturated heterocycles. The third-order valence-electron chi connectivity index (χ3n) is 3.15. The van der Waals surface area contributed by atoms with Crippen LogP contribution in [0.15, 0.2) is 17.2 Å². The van der Waals surface area contributed by atoms with E-state index in [0.29, 0.717) is 35.4 Å². The molecule has 1 aromatic carbocycles. The molecule has 0 radical (unpaired) electrons. The molecule has 0 spiro atoms. The maximum Gasteiger partial charge on any atom is 0.263 e. The van der Waals surface area contributed by atoms with Crippen LogP contribution in [0.25, 0.3) is 0 Å². The van der Waals surface area contributed by atoms with Gasteiger partial charge in [-0.25, -0.2) is 10.1 Å². The van der Waals surface area contributed by atoms with Gasteiger partial charge in [-0.15, -0.1) is 10.2 Å². The molecule has 0 aliphatic carbocycles. The molecule has 124 valence electrons. The lowest BCUT2D eigenvalue weighted by atomic mass is 10.2. The van der Waals surface area contributed by atoms with Crippen molar-refractivity contribution in [2.24, 2.45) is 5.10 Å². The van der Waals surface area contributed by atoms with Gasteiger partial charge in [0.15, 0.2) is 17.3 Å². The summed E-state index contributed by atoms with van der Waals surface area (Å²) >= 11 is 0. The summed E-state index contributed by atoms with van der Waals surface area (Å²) in [6.45, 7) is 1.94. The highest BCUT2D eigenvalue weighted by Gasteiger charge is 2.12. The second kappa shape index (κ2) is 7.34. The van der Waals surface area contributed by atoms with Crippen molar-refractivity contribution >= 4 is 12.2 Å². The van der Waals surface area contributed by atoms with Crippen molar-refractivity contribution in [3.63, 3.8) is 0 Å². The zero-order valence-electron chi connectivity index (χ0n) is 13.5. The number of nitrogens with zero attached hydrogens (tertiary/aromatic N) is 4. The minimum Gasteiger partial charge on any atom is -0.493 e. The highest BCUT2D eigenvalue weighted by molar-refractivity contribution is 5.82. The Bertz CT molecular complexity index is 673. The lowest BCUT2D eigenvalue weighted by Gasteiger charge is -2.12. The van der Waals surface area contributed by atoms with Gasteiger partial charge in [-0.05, 0) is 12.1 Å². The van der Waals surface area contributed by atoms with E-state index in [1.807, 2.05) is 6.92 Å². The number of methoxy groups -OCH3 is 3. The van der Waals surface area contributed by atoms with E-state index in [9.17, 15) is 0 Å². The van der Waals surface area contributed by atoms with Crippen LogP contribution >= 0.6 is 0 Å². The zero-order valence-corrected chi connectivity index (χ0v) is 13.5. The zero-order chi connectivity index (χ0) is 16.8. The monoisotopic (exact) mass is 320 g/mol. The number of benzene rings is 1. The Kier molecular flexibility index (Phi) is 5.23. The molecular formula is C14H20N6O3. The molecule has 9 heteroatoms. The first kappa shape index (κ1) is 16.4. The predicted octanol–water partition coefficient (Wildman–Crippen LogP) is 1.03. The Labute approximate surface area is 134 Å². The van der Waals surface area contributed by atoms with Crippen molar-refractivity contribution in [3.05, 3.63) is 23.5 Å². The summed E-state index contributed by atoms with van der Waals surface area (Å²) in [5.41, 5.74) is 3.50. The van der Waals surface area contributed by atoms with E-state index in [1.54, 1.807) is 39.7 Å². The van der Waals surface area contributed by atoms with Gasteiger partial charge >= 0.3 is 0 Å². The van der Waals surface area contributed by atoms with Crippen LogP contribution in [0.5, 0.6) is 17.2 Å². The minimum absolute atomic E-state index is 0.352. The van der Waals surface area contributed by atoms with Gasteiger partial charge in [0.05, 0.1) is 27.5 Å². The second-order valence-electron chi connectivity index (χ2n) is 4.49. The van der Waals surface area contributed by atoms with Crippen LogP contribution in [0.4, 0.5) is 5.95 Å². The van der Waals surface area contributed by atoms with Crippen LogP contribution in [0.3, 0.4) is 0 Å². The number of aromatic nitrogens is 3. The lowest BCUT2D eigenvalue weighted by Crippen LogP contribution is -2.14. The summed E-state index contributed by atoms with van der Waals surface area (Å²) in [6, 6.07) is 3.55. The Morgan fingerprint density at radius 1 is 1.17 bits per heavy atom. The molecule has 0 amide bonds. The number of aryl methyl sites for hydroxylation is 1. The lowest BCUT2D eigenvalue weighted by molar-refractivity contribution is 0.324. The fourth-order valence-corrected chi connectivity index (χ4v) is 1.98. The van der Waals surface area contributed by atoms with E-state index in [4.69, 9.17) is 20.1 Å². The van der Waals surface area contributed by atoms with Crippen molar-refractivity contribution in [1.82, 2.24) is 14.9 Å². The Morgan fingerprint density at radius 2 is 1.83 bits per heavy atom. The summed E-state index contributed by atoms with van der Waals surface area (Å²) in [5.74, 6) is 8.45. The quantitative estimate of drug-likeness (QED) is 0.445. The number of rotatable bonds is 7. The van der Waals surface area contributed by atoms with E-state index in [2.05, 4.69) is 20.7 Å². The van der Waals surface area contributed by atoms with E-state index in [-0.39, 0.29) is 0 Å². The van der Waals surface area contributed by atoms with Gasteiger partial charge in [0, 0.05) is 12.0 Å². The molecule has 0 aliphatic rings. The standard InChI is InChI=1S/C14H20N6O3/c1-5-12-17-19-14(20(12)15)18-16-8-9-6-10(21-2)13(23-4)11(7-9)22-3/h6-8H,5,15H2,1-4H3,(H,18,19)/b16-8-. The van der Waals surface area contributed by atoms with Gasteiger partial charge in [0.25, 0.3) is 5.95 Å². The maximum absolute atomic E-state index is 5.82. The molecule has 3 N–H and O–H groups in total. The topological polar surface area (TPSA) is 109 Å². The summed E-state index contributed by atoms with van der Waals surface area (Å²) in [5, 5.41) is 11.9. The fourth-order valence-electron chi connectivity index (χ4n) is 1.98. The van der Waals surface area contributed by atoms with Crippen molar-refractivity contribution < 1.29 is 14.2 Å². The van der Waals surface area contributed by atoms with Gasteiger partial charge in [-0.3, -0.25) is 0 Å². The Hall–Kier alpha value is -2.97. The van der Waals surface area contributed by atoms with Crippen molar-refractivity contribution in [3.8, 4) is 17.2 Å². The number of nitrogens with one attached hydrogen (secondary N) is 1. The first-order chi connectivity index (χ1) is 11.1. The van der Waals surface area contributed by atoms with E-state index < -0.39 is 0 Å².